The number of fused-ring (bicyclic) bond motifs is 1. The van der Waals surface area contributed by atoms with Crippen LogP contribution >= 0.6 is 0 Å². The van der Waals surface area contributed by atoms with Gasteiger partial charge in [0.15, 0.2) is 12.0 Å². The fourth-order valence-electron chi connectivity index (χ4n) is 2.14. The number of carbonyl (C=O) groups is 1. The summed E-state index contributed by atoms with van der Waals surface area (Å²) in [4.78, 5) is 14.9. The number of benzene rings is 1. The van der Waals surface area contributed by atoms with E-state index in [1.54, 1.807) is 0 Å². The van der Waals surface area contributed by atoms with Crippen LogP contribution in [-0.4, -0.2) is 26.3 Å². The maximum Gasteiger partial charge on any atom is 0.309 e. The summed E-state index contributed by atoms with van der Waals surface area (Å²) in [6.07, 6.45) is 1.27. The van der Waals surface area contributed by atoms with Crippen molar-refractivity contribution in [3.05, 3.63) is 36.0 Å². The van der Waals surface area contributed by atoms with E-state index in [9.17, 15) is 4.79 Å². The Balaban J connectivity index is 2.14. The van der Waals surface area contributed by atoms with Crippen LogP contribution in [0.2, 0.25) is 0 Å². The lowest BCUT2D eigenvalue weighted by atomic mass is 10.0. The molecule has 3 rings (SSSR count). The number of aliphatic carboxylic acids is 1. The zero-order chi connectivity index (χ0) is 13.4. The van der Waals surface area contributed by atoms with Gasteiger partial charge in [-0.2, -0.15) is 5.10 Å². The SMILES string of the molecule is Cc1[nH]nc(CC(=O)O)c1-c1ccc2ncoc2c1. The monoisotopic (exact) mass is 257 g/mol. The zero-order valence-electron chi connectivity index (χ0n) is 10.2. The third-order valence-electron chi connectivity index (χ3n) is 2.96. The van der Waals surface area contributed by atoms with Gasteiger partial charge in [-0.25, -0.2) is 4.98 Å². The summed E-state index contributed by atoms with van der Waals surface area (Å²) in [5, 5.41) is 15.8. The van der Waals surface area contributed by atoms with E-state index in [1.165, 1.54) is 6.39 Å². The van der Waals surface area contributed by atoms with Crippen molar-refractivity contribution >= 4 is 17.1 Å². The third kappa shape index (κ3) is 1.97. The summed E-state index contributed by atoms with van der Waals surface area (Å²) in [5.74, 6) is -0.909. The van der Waals surface area contributed by atoms with Gasteiger partial charge in [0, 0.05) is 11.3 Å². The number of hydrogen-bond acceptors (Lipinski definition) is 4. The van der Waals surface area contributed by atoms with Crippen molar-refractivity contribution in [1.82, 2.24) is 15.2 Å². The van der Waals surface area contributed by atoms with Gasteiger partial charge in [-0.05, 0) is 24.6 Å². The van der Waals surface area contributed by atoms with Crippen LogP contribution in [0, 0.1) is 6.92 Å². The van der Waals surface area contributed by atoms with Gasteiger partial charge in [0.25, 0.3) is 0 Å². The standard InChI is InChI=1S/C13H11N3O3/c1-7-13(10(16-15-7)5-12(17)18)8-2-3-9-11(4-8)19-6-14-9/h2-4,6H,5H2,1H3,(H,15,16)(H,17,18). The van der Waals surface area contributed by atoms with Gasteiger partial charge in [-0.1, -0.05) is 6.07 Å². The number of nitrogens with zero attached hydrogens (tertiary/aromatic N) is 2. The molecule has 19 heavy (non-hydrogen) atoms. The lowest BCUT2D eigenvalue weighted by Gasteiger charge is -2.02. The third-order valence-corrected chi connectivity index (χ3v) is 2.96. The van der Waals surface area contributed by atoms with Crippen LogP contribution in [0.15, 0.2) is 29.0 Å². The maximum atomic E-state index is 10.9. The predicted octanol–water partition coefficient (Wildman–Crippen LogP) is 2.15. The highest BCUT2D eigenvalue weighted by molar-refractivity contribution is 5.83. The molecule has 0 aliphatic carbocycles. The number of hydrogen-bond donors (Lipinski definition) is 2. The second-order valence-corrected chi connectivity index (χ2v) is 4.28. The largest absolute Gasteiger partial charge is 0.481 e. The summed E-state index contributed by atoms with van der Waals surface area (Å²) in [5.41, 5.74) is 4.45. The van der Waals surface area contributed by atoms with Crippen molar-refractivity contribution in [1.29, 1.82) is 0 Å². The Morgan fingerprint density at radius 3 is 3.11 bits per heavy atom. The Bertz CT molecular complexity index is 757. The number of carboxylic acids is 1. The quantitative estimate of drug-likeness (QED) is 0.750. The highest BCUT2D eigenvalue weighted by Gasteiger charge is 2.16. The number of nitrogens with one attached hydrogen (secondary N) is 1. The Morgan fingerprint density at radius 1 is 1.47 bits per heavy atom. The number of oxazole rings is 1. The first-order chi connectivity index (χ1) is 9.15. The fraction of sp³-hybridized carbons (Fsp3) is 0.154. The topological polar surface area (TPSA) is 92.0 Å². The molecule has 0 bridgehead atoms. The first-order valence-corrected chi connectivity index (χ1v) is 5.74. The maximum absolute atomic E-state index is 10.9. The van der Waals surface area contributed by atoms with Gasteiger partial charge in [0.1, 0.15) is 5.52 Å². The van der Waals surface area contributed by atoms with Gasteiger partial charge < -0.3 is 9.52 Å². The number of carboxylic acid groups (broad SMARTS) is 1. The minimum atomic E-state index is -0.909. The van der Waals surface area contributed by atoms with Gasteiger partial charge >= 0.3 is 5.97 Å². The zero-order valence-corrected chi connectivity index (χ0v) is 10.2. The van der Waals surface area contributed by atoms with Crippen molar-refractivity contribution < 1.29 is 14.3 Å². The summed E-state index contributed by atoms with van der Waals surface area (Å²) < 4.78 is 5.26. The van der Waals surface area contributed by atoms with Gasteiger partial charge in [-0.3, -0.25) is 9.89 Å². The number of H-pyrrole nitrogens is 1. The fourth-order valence-corrected chi connectivity index (χ4v) is 2.14. The van der Waals surface area contributed by atoms with E-state index >= 15 is 0 Å². The van der Waals surface area contributed by atoms with E-state index in [0.29, 0.717) is 11.3 Å². The molecular weight excluding hydrogens is 246 g/mol. The molecule has 0 aliphatic rings. The minimum Gasteiger partial charge on any atom is -0.481 e. The van der Waals surface area contributed by atoms with E-state index in [4.69, 9.17) is 9.52 Å². The molecule has 0 saturated carbocycles. The molecule has 0 saturated heterocycles. The average Bonchev–Trinajstić information content (AvgIpc) is 2.94. The van der Waals surface area contributed by atoms with Crippen molar-refractivity contribution in [2.24, 2.45) is 0 Å². The number of aryl methyl sites for hydroxylation is 1. The molecule has 0 fully saturated rings. The van der Waals surface area contributed by atoms with Gasteiger partial charge in [0.2, 0.25) is 0 Å². The van der Waals surface area contributed by atoms with Gasteiger partial charge in [0.05, 0.1) is 12.1 Å². The summed E-state index contributed by atoms with van der Waals surface area (Å²) >= 11 is 0. The molecule has 3 aromatic rings. The Labute approximate surface area is 108 Å². The molecular formula is C13H11N3O3. The van der Waals surface area contributed by atoms with Crippen molar-refractivity contribution in [3.63, 3.8) is 0 Å². The first-order valence-electron chi connectivity index (χ1n) is 5.74. The molecule has 1 aromatic carbocycles. The van der Waals surface area contributed by atoms with Crippen LogP contribution in [0.5, 0.6) is 0 Å². The molecule has 96 valence electrons. The smallest absolute Gasteiger partial charge is 0.309 e. The Kier molecular flexibility index (Phi) is 2.56. The Hall–Kier alpha value is -2.63. The number of rotatable bonds is 3. The Morgan fingerprint density at radius 2 is 2.32 bits per heavy atom. The molecule has 0 radical (unpaired) electrons. The molecule has 0 aliphatic heterocycles. The molecule has 2 aromatic heterocycles. The minimum absolute atomic E-state index is 0.117. The first kappa shape index (κ1) is 11.5. The lowest BCUT2D eigenvalue weighted by molar-refractivity contribution is -0.136. The van der Waals surface area contributed by atoms with Gasteiger partial charge in [-0.15, -0.1) is 0 Å². The van der Waals surface area contributed by atoms with Crippen LogP contribution in [0.3, 0.4) is 0 Å². The second-order valence-electron chi connectivity index (χ2n) is 4.28. The second kappa shape index (κ2) is 4.24. The summed E-state index contributed by atoms with van der Waals surface area (Å²) in [7, 11) is 0. The van der Waals surface area contributed by atoms with Crippen LogP contribution < -0.4 is 0 Å². The molecule has 0 spiro atoms. The molecule has 0 atom stereocenters. The number of aromatic nitrogens is 3. The highest BCUT2D eigenvalue weighted by Crippen LogP contribution is 2.28. The molecule has 6 heteroatoms. The van der Waals surface area contributed by atoms with E-state index in [-0.39, 0.29) is 6.42 Å². The average molecular weight is 257 g/mol. The van der Waals surface area contributed by atoms with Crippen LogP contribution in [-0.2, 0) is 11.2 Å². The van der Waals surface area contributed by atoms with Crippen molar-refractivity contribution in [2.45, 2.75) is 13.3 Å². The summed E-state index contributed by atoms with van der Waals surface area (Å²) in [6.45, 7) is 1.86. The van der Waals surface area contributed by atoms with E-state index in [0.717, 1.165) is 22.3 Å². The molecule has 0 amide bonds. The van der Waals surface area contributed by atoms with E-state index in [2.05, 4.69) is 15.2 Å². The van der Waals surface area contributed by atoms with E-state index in [1.807, 2.05) is 25.1 Å². The van der Waals surface area contributed by atoms with Crippen LogP contribution in [0.1, 0.15) is 11.4 Å². The highest BCUT2D eigenvalue weighted by atomic mass is 16.4. The molecule has 6 nitrogen and oxygen atoms in total. The number of aromatic amines is 1. The van der Waals surface area contributed by atoms with Crippen LogP contribution in [0.25, 0.3) is 22.2 Å². The molecule has 2 heterocycles. The van der Waals surface area contributed by atoms with E-state index < -0.39 is 5.97 Å². The van der Waals surface area contributed by atoms with Crippen LogP contribution in [0.4, 0.5) is 0 Å². The van der Waals surface area contributed by atoms with Crippen molar-refractivity contribution in [3.8, 4) is 11.1 Å². The summed E-state index contributed by atoms with van der Waals surface area (Å²) in [6, 6.07) is 5.56. The normalized spacial score (nSPS) is 11.0. The molecule has 2 N–H and O–H groups in total. The predicted molar refractivity (Wildman–Crippen MR) is 67.7 cm³/mol. The van der Waals surface area contributed by atoms with Crippen molar-refractivity contribution in [2.75, 3.05) is 0 Å². The molecule has 0 unspecified atom stereocenters. The lowest BCUT2D eigenvalue weighted by Crippen LogP contribution is -2.01.